The number of amides is 1. The van der Waals surface area contributed by atoms with Crippen molar-refractivity contribution in [3.05, 3.63) is 89.5 Å². The molecule has 0 radical (unpaired) electrons. The summed E-state index contributed by atoms with van der Waals surface area (Å²) in [5, 5.41) is 9.73. The van der Waals surface area contributed by atoms with Gasteiger partial charge in [0.15, 0.2) is 23.2 Å². The van der Waals surface area contributed by atoms with E-state index in [9.17, 15) is 22.8 Å². The van der Waals surface area contributed by atoms with Gasteiger partial charge in [-0.15, -0.1) is 0 Å². The van der Waals surface area contributed by atoms with Crippen molar-refractivity contribution in [2.24, 2.45) is 10.7 Å². The Kier molecular flexibility index (Phi) is 15.7. The lowest BCUT2D eigenvalue weighted by atomic mass is 9.98. The number of halogens is 3. The van der Waals surface area contributed by atoms with Crippen LogP contribution in [-0.2, 0) is 38.4 Å². The van der Waals surface area contributed by atoms with Crippen molar-refractivity contribution in [1.82, 2.24) is 5.32 Å². The van der Waals surface area contributed by atoms with E-state index in [0.717, 1.165) is 16.9 Å². The molecule has 14 heteroatoms. The Labute approximate surface area is 270 Å². The predicted molar refractivity (Wildman–Crippen MR) is 168 cm³/mol. The Morgan fingerprint density at radius 3 is 2.15 bits per heavy atom. The molecule has 1 amide bonds. The number of guanidine groups is 1. The number of ketones is 1. The third-order valence-corrected chi connectivity index (χ3v) is 6.38. The van der Waals surface area contributed by atoms with Crippen molar-refractivity contribution in [3.8, 4) is 17.2 Å². The maximum absolute atomic E-state index is 13.3. The normalized spacial score (nSPS) is 11.8. The van der Waals surface area contributed by atoms with Crippen LogP contribution in [0.1, 0.15) is 23.1 Å². The molecule has 11 nitrogen and oxygen atoms in total. The minimum absolute atomic E-state index is 0.0522. The molecular formula is C33H38F3N3O8. The van der Waals surface area contributed by atoms with E-state index < -0.39 is 18.2 Å². The van der Waals surface area contributed by atoms with Crippen LogP contribution in [0.15, 0.2) is 77.8 Å². The number of carbonyl (C=O) groups is 3. The molecule has 0 aromatic heterocycles. The number of ether oxygens (including phenoxy) is 4. The Hall–Kier alpha value is -5.11. The summed E-state index contributed by atoms with van der Waals surface area (Å²) >= 11 is 0. The van der Waals surface area contributed by atoms with Crippen LogP contribution >= 0.6 is 0 Å². The van der Waals surface area contributed by atoms with Gasteiger partial charge in [0.2, 0.25) is 5.91 Å². The quantitative estimate of drug-likeness (QED) is 0.124. The fourth-order valence-corrected chi connectivity index (χ4v) is 4.10. The zero-order valence-corrected chi connectivity index (χ0v) is 26.2. The van der Waals surface area contributed by atoms with Crippen LogP contribution in [0.2, 0.25) is 0 Å². The van der Waals surface area contributed by atoms with Gasteiger partial charge in [-0.2, -0.15) is 13.2 Å². The van der Waals surface area contributed by atoms with Gasteiger partial charge in [-0.05, 0) is 47.4 Å². The van der Waals surface area contributed by atoms with E-state index >= 15 is 0 Å². The monoisotopic (exact) mass is 661 g/mol. The summed E-state index contributed by atoms with van der Waals surface area (Å²) in [6, 6.07) is 21.7. The van der Waals surface area contributed by atoms with Crippen molar-refractivity contribution in [2.75, 3.05) is 34.5 Å². The van der Waals surface area contributed by atoms with Crippen LogP contribution in [0.4, 0.5) is 13.2 Å². The second-order valence-electron chi connectivity index (χ2n) is 9.89. The molecule has 0 saturated heterocycles. The Balaban J connectivity index is 0.000000984. The molecule has 0 heterocycles. The summed E-state index contributed by atoms with van der Waals surface area (Å²) < 4.78 is 53.0. The Bertz CT molecular complexity index is 1480. The molecule has 254 valence electrons. The van der Waals surface area contributed by atoms with Crippen molar-refractivity contribution in [1.29, 1.82) is 0 Å². The van der Waals surface area contributed by atoms with E-state index in [-0.39, 0.29) is 30.5 Å². The lowest BCUT2D eigenvalue weighted by Gasteiger charge is -2.14. The second-order valence-corrected chi connectivity index (χ2v) is 9.89. The van der Waals surface area contributed by atoms with Gasteiger partial charge in [0.1, 0.15) is 18.4 Å². The highest BCUT2D eigenvalue weighted by Crippen LogP contribution is 2.27. The van der Waals surface area contributed by atoms with Gasteiger partial charge in [0.25, 0.3) is 0 Å². The van der Waals surface area contributed by atoms with Crippen LogP contribution in [0, 0.1) is 0 Å². The first-order valence-electron chi connectivity index (χ1n) is 14.3. The first-order valence-corrected chi connectivity index (χ1v) is 14.3. The minimum Gasteiger partial charge on any atom is -0.493 e. The number of carboxylic acids is 1. The Morgan fingerprint density at radius 1 is 0.872 bits per heavy atom. The van der Waals surface area contributed by atoms with Gasteiger partial charge in [0.05, 0.1) is 27.2 Å². The fraction of sp³-hybridized carbons (Fsp3) is 0.333. The number of benzene rings is 3. The smallest absolute Gasteiger partial charge is 0.490 e. The molecule has 47 heavy (non-hydrogen) atoms. The standard InChI is InChI=1S/C31H37N3O6.C2HF3O2/c1-37-16-17-40-25-11-7-10-23(18-25)12-14-27(35)26(19-22-8-5-4-6-9-22)33-31(32)34-30(36)21-24-13-15-28(38-2)29(20-24)39-3;3-2(4,5)1(6)7/h4-11,13,15,18,20,26H,12,14,16-17,19,21H2,1-3H3,(H3,32,33,34,36);(H,6,7)/t26-;/m1./s1. The molecule has 0 aliphatic rings. The van der Waals surface area contributed by atoms with Gasteiger partial charge >= 0.3 is 12.1 Å². The fourth-order valence-electron chi connectivity index (χ4n) is 4.10. The average molecular weight is 662 g/mol. The summed E-state index contributed by atoms with van der Waals surface area (Å²) in [4.78, 5) is 39.3. The van der Waals surface area contributed by atoms with E-state index in [4.69, 9.17) is 34.6 Å². The molecule has 4 N–H and O–H groups in total. The number of nitrogens with two attached hydrogens (primary N) is 1. The maximum atomic E-state index is 13.3. The first-order chi connectivity index (χ1) is 22.4. The van der Waals surface area contributed by atoms with Gasteiger partial charge in [0, 0.05) is 20.0 Å². The van der Waals surface area contributed by atoms with Gasteiger partial charge < -0.3 is 29.8 Å². The van der Waals surface area contributed by atoms with Crippen LogP contribution in [-0.4, -0.2) is 75.5 Å². The largest absolute Gasteiger partial charge is 0.493 e. The number of hydrogen-bond acceptors (Lipinski definition) is 8. The van der Waals surface area contributed by atoms with Crippen molar-refractivity contribution < 1.29 is 51.6 Å². The second kappa shape index (κ2) is 19.4. The molecule has 0 fully saturated rings. The van der Waals surface area contributed by atoms with Gasteiger partial charge in [-0.25, -0.2) is 9.79 Å². The molecule has 0 aliphatic heterocycles. The third kappa shape index (κ3) is 14.2. The summed E-state index contributed by atoms with van der Waals surface area (Å²) in [7, 11) is 4.70. The molecule has 1 atom stereocenters. The molecule has 0 saturated carbocycles. The number of rotatable bonds is 15. The lowest BCUT2D eigenvalue weighted by Crippen LogP contribution is -2.40. The number of nitrogens with one attached hydrogen (secondary N) is 1. The number of Topliss-reactive ketones (excluding diaryl/α,β-unsaturated/α-hetero) is 1. The molecule has 0 spiro atoms. The van der Waals surface area contributed by atoms with E-state index in [1.807, 2.05) is 54.6 Å². The number of aryl methyl sites for hydroxylation is 1. The zero-order valence-electron chi connectivity index (χ0n) is 26.2. The number of aliphatic carboxylic acids is 1. The summed E-state index contributed by atoms with van der Waals surface area (Å²) in [5.74, 6) is -1.48. The average Bonchev–Trinajstić information content (AvgIpc) is 3.03. The van der Waals surface area contributed by atoms with Gasteiger partial charge in [-0.1, -0.05) is 48.5 Å². The van der Waals surface area contributed by atoms with E-state index in [0.29, 0.717) is 43.1 Å². The van der Waals surface area contributed by atoms with Crippen molar-refractivity contribution in [2.45, 2.75) is 37.9 Å². The number of hydrogen-bond donors (Lipinski definition) is 3. The van der Waals surface area contributed by atoms with Crippen LogP contribution < -0.4 is 25.3 Å². The highest BCUT2D eigenvalue weighted by Gasteiger charge is 2.38. The maximum Gasteiger partial charge on any atom is 0.490 e. The number of aliphatic imine (C=N–C) groups is 1. The zero-order chi connectivity index (χ0) is 34.8. The molecule has 3 aromatic carbocycles. The van der Waals surface area contributed by atoms with E-state index in [1.165, 1.54) is 7.11 Å². The van der Waals surface area contributed by atoms with Gasteiger partial charge in [-0.3, -0.25) is 14.9 Å². The SMILES string of the molecule is COCCOc1cccc(CCC(=O)[C@@H](Cc2ccccc2)N=C(N)NC(=O)Cc2ccc(OC)c(OC)c2)c1.O=C(O)C(F)(F)F. The third-order valence-electron chi connectivity index (χ3n) is 6.38. The van der Waals surface area contributed by atoms with Crippen LogP contribution in [0.5, 0.6) is 17.2 Å². The summed E-state index contributed by atoms with van der Waals surface area (Å²) in [5.41, 5.74) is 8.74. The van der Waals surface area contributed by atoms with Crippen LogP contribution in [0.3, 0.4) is 0 Å². The van der Waals surface area contributed by atoms with Crippen LogP contribution in [0.25, 0.3) is 0 Å². The number of carbonyl (C=O) groups excluding carboxylic acids is 2. The van der Waals surface area contributed by atoms with E-state index in [1.54, 1.807) is 32.4 Å². The molecule has 0 bridgehead atoms. The number of carboxylic acid groups (broad SMARTS) is 1. The first kappa shape index (κ1) is 38.1. The van der Waals surface area contributed by atoms with E-state index in [2.05, 4.69) is 10.3 Å². The summed E-state index contributed by atoms with van der Waals surface area (Å²) in [6.45, 7) is 0.942. The van der Waals surface area contributed by atoms with Crippen molar-refractivity contribution >= 4 is 23.6 Å². The molecular weight excluding hydrogens is 623 g/mol. The van der Waals surface area contributed by atoms with Crippen molar-refractivity contribution in [3.63, 3.8) is 0 Å². The lowest BCUT2D eigenvalue weighted by molar-refractivity contribution is -0.192. The topological polar surface area (TPSA) is 159 Å². The molecule has 0 aliphatic carbocycles. The highest BCUT2D eigenvalue weighted by atomic mass is 19.4. The minimum atomic E-state index is -5.08. The molecule has 3 aromatic rings. The molecule has 0 unspecified atom stereocenters. The molecule has 3 rings (SSSR count). The summed E-state index contributed by atoms with van der Waals surface area (Å²) in [6.07, 6.45) is -3.88. The number of nitrogens with zero attached hydrogens (tertiary/aromatic N) is 1. The number of alkyl halides is 3. The Morgan fingerprint density at radius 2 is 1.53 bits per heavy atom. The predicted octanol–water partition coefficient (Wildman–Crippen LogP) is 4.15. The number of methoxy groups -OCH3 is 3. The highest BCUT2D eigenvalue weighted by molar-refractivity contribution is 5.98.